The summed E-state index contributed by atoms with van der Waals surface area (Å²) in [6.45, 7) is 0. The van der Waals surface area contributed by atoms with E-state index in [1.54, 1.807) is 24.3 Å². The highest BCUT2D eigenvalue weighted by molar-refractivity contribution is 6.00. The summed E-state index contributed by atoms with van der Waals surface area (Å²) in [5.74, 6) is -0.746. The monoisotopic (exact) mass is 318 g/mol. The Morgan fingerprint density at radius 1 is 0.833 bits per heavy atom. The molecular weight excluding hydrogens is 304 g/mol. The molecule has 118 valence electrons. The van der Waals surface area contributed by atoms with E-state index in [1.807, 2.05) is 30.3 Å². The van der Waals surface area contributed by atoms with E-state index in [1.165, 1.54) is 6.20 Å². The Morgan fingerprint density at radius 2 is 1.54 bits per heavy atom. The van der Waals surface area contributed by atoms with Gasteiger partial charge in [0.1, 0.15) is 0 Å². The van der Waals surface area contributed by atoms with Crippen LogP contribution in [0.2, 0.25) is 0 Å². The van der Waals surface area contributed by atoms with Gasteiger partial charge < -0.3 is 11.5 Å². The quantitative estimate of drug-likeness (QED) is 0.766. The van der Waals surface area contributed by atoms with Crippen LogP contribution in [0.25, 0.3) is 22.6 Å². The summed E-state index contributed by atoms with van der Waals surface area (Å²) in [6, 6.07) is 15.9. The van der Waals surface area contributed by atoms with Crippen molar-refractivity contribution >= 4 is 11.8 Å². The molecule has 0 saturated heterocycles. The molecule has 6 heteroatoms. The fraction of sp³-hybridized carbons (Fsp3) is 0. The van der Waals surface area contributed by atoms with Gasteiger partial charge >= 0.3 is 0 Å². The van der Waals surface area contributed by atoms with E-state index in [0.717, 1.165) is 5.56 Å². The number of primary amides is 2. The molecule has 1 heterocycles. The average Bonchev–Trinajstić information content (AvgIpc) is 2.62. The SMILES string of the molecule is NC(=O)c1cccc(-c2nc(-c3ccccc3)ncc2C(N)=O)c1. The van der Waals surface area contributed by atoms with E-state index in [0.29, 0.717) is 22.6 Å². The zero-order valence-corrected chi connectivity index (χ0v) is 12.6. The van der Waals surface area contributed by atoms with E-state index in [2.05, 4.69) is 9.97 Å². The Hall–Kier alpha value is -3.54. The van der Waals surface area contributed by atoms with E-state index < -0.39 is 11.8 Å². The molecule has 0 aliphatic carbocycles. The van der Waals surface area contributed by atoms with Crippen LogP contribution in [0, 0.1) is 0 Å². The Balaban J connectivity index is 2.19. The third kappa shape index (κ3) is 2.98. The molecule has 0 spiro atoms. The Morgan fingerprint density at radius 3 is 2.21 bits per heavy atom. The van der Waals surface area contributed by atoms with Crippen molar-refractivity contribution in [1.29, 1.82) is 0 Å². The van der Waals surface area contributed by atoms with E-state index >= 15 is 0 Å². The lowest BCUT2D eigenvalue weighted by molar-refractivity contribution is 0.0992. The number of nitrogens with zero attached hydrogens (tertiary/aromatic N) is 2. The van der Waals surface area contributed by atoms with Crippen molar-refractivity contribution in [2.24, 2.45) is 11.5 Å². The molecule has 0 atom stereocenters. The summed E-state index contributed by atoms with van der Waals surface area (Å²) in [5.41, 5.74) is 13.0. The van der Waals surface area contributed by atoms with Gasteiger partial charge in [-0.15, -0.1) is 0 Å². The molecule has 0 unspecified atom stereocenters. The van der Waals surface area contributed by atoms with Crippen molar-refractivity contribution < 1.29 is 9.59 Å². The maximum Gasteiger partial charge on any atom is 0.252 e. The first kappa shape index (κ1) is 15.4. The summed E-state index contributed by atoms with van der Waals surface area (Å²) in [6.07, 6.45) is 1.39. The van der Waals surface area contributed by atoms with Gasteiger partial charge in [0.15, 0.2) is 5.82 Å². The lowest BCUT2D eigenvalue weighted by Gasteiger charge is -2.09. The maximum atomic E-state index is 11.7. The van der Waals surface area contributed by atoms with Crippen LogP contribution in [0.15, 0.2) is 60.8 Å². The number of rotatable bonds is 4. The molecule has 0 aliphatic rings. The van der Waals surface area contributed by atoms with Crippen molar-refractivity contribution in [2.75, 3.05) is 0 Å². The molecule has 24 heavy (non-hydrogen) atoms. The summed E-state index contributed by atoms with van der Waals surface area (Å²) in [4.78, 5) is 31.8. The fourth-order valence-corrected chi connectivity index (χ4v) is 2.33. The lowest BCUT2D eigenvalue weighted by atomic mass is 10.0. The number of hydrogen-bond donors (Lipinski definition) is 2. The largest absolute Gasteiger partial charge is 0.366 e. The predicted octanol–water partition coefficient (Wildman–Crippen LogP) is 2.01. The van der Waals surface area contributed by atoms with Crippen LogP contribution in [0.5, 0.6) is 0 Å². The molecule has 4 N–H and O–H groups in total. The van der Waals surface area contributed by atoms with E-state index in [4.69, 9.17) is 11.5 Å². The summed E-state index contributed by atoms with van der Waals surface area (Å²) in [5, 5.41) is 0. The molecule has 0 bridgehead atoms. The van der Waals surface area contributed by atoms with Crippen LogP contribution in [0.3, 0.4) is 0 Å². The first-order valence-corrected chi connectivity index (χ1v) is 7.19. The van der Waals surface area contributed by atoms with Crippen LogP contribution < -0.4 is 11.5 Å². The molecule has 3 aromatic rings. The zero-order chi connectivity index (χ0) is 17.1. The van der Waals surface area contributed by atoms with Crippen LogP contribution >= 0.6 is 0 Å². The first-order valence-electron chi connectivity index (χ1n) is 7.19. The Bertz CT molecular complexity index is 923. The second-order valence-corrected chi connectivity index (χ2v) is 5.13. The highest BCUT2D eigenvalue weighted by Gasteiger charge is 2.15. The smallest absolute Gasteiger partial charge is 0.252 e. The molecule has 3 rings (SSSR count). The molecular formula is C18H14N4O2. The van der Waals surface area contributed by atoms with Crippen LogP contribution in [0.4, 0.5) is 0 Å². The summed E-state index contributed by atoms with van der Waals surface area (Å²) >= 11 is 0. The van der Waals surface area contributed by atoms with Crippen molar-refractivity contribution in [2.45, 2.75) is 0 Å². The first-order chi connectivity index (χ1) is 11.6. The minimum atomic E-state index is -0.644. The Kier molecular flexibility index (Phi) is 4.03. The third-order valence-corrected chi connectivity index (χ3v) is 3.51. The third-order valence-electron chi connectivity index (χ3n) is 3.51. The normalized spacial score (nSPS) is 10.3. The molecule has 6 nitrogen and oxygen atoms in total. The second-order valence-electron chi connectivity index (χ2n) is 5.13. The van der Waals surface area contributed by atoms with Gasteiger partial charge in [0.2, 0.25) is 5.91 Å². The highest BCUT2D eigenvalue weighted by Crippen LogP contribution is 2.25. The van der Waals surface area contributed by atoms with Crippen LogP contribution in [0.1, 0.15) is 20.7 Å². The van der Waals surface area contributed by atoms with Crippen LogP contribution in [-0.4, -0.2) is 21.8 Å². The highest BCUT2D eigenvalue weighted by atomic mass is 16.1. The van der Waals surface area contributed by atoms with Gasteiger partial charge in [-0.3, -0.25) is 9.59 Å². The number of carbonyl (C=O) groups is 2. The molecule has 2 aromatic carbocycles. The van der Waals surface area contributed by atoms with Gasteiger partial charge in [-0.05, 0) is 12.1 Å². The predicted molar refractivity (Wildman–Crippen MR) is 89.9 cm³/mol. The van der Waals surface area contributed by atoms with Crippen molar-refractivity contribution in [1.82, 2.24) is 9.97 Å². The number of carbonyl (C=O) groups excluding carboxylic acids is 2. The van der Waals surface area contributed by atoms with E-state index in [-0.39, 0.29) is 5.56 Å². The molecule has 0 fully saturated rings. The maximum absolute atomic E-state index is 11.7. The number of benzene rings is 2. The van der Waals surface area contributed by atoms with Crippen molar-refractivity contribution in [3.8, 4) is 22.6 Å². The molecule has 0 aliphatic heterocycles. The summed E-state index contributed by atoms with van der Waals surface area (Å²) in [7, 11) is 0. The van der Waals surface area contributed by atoms with Crippen molar-refractivity contribution in [3.63, 3.8) is 0 Å². The number of nitrogens with two attached hydrogens (primary N) is 2. The van der Waals surface area contributed by atoms with Gasteiger partial charge in [0, 0.05) is 22.9 Å². The van der Waals surface area contributed by atoms with Crippen LogP contribution in [-0.2, 0) is 0 Å². The lowest BCUT2D eigenvalue weighted by Crippen LogP contribution is -2.15. The minimum absolute atomic E-state index is 0.177. The van der Waals surface area contributed by atoms with Gasteiger partial charge in [0.25, 0.3) is 5.91 Å². The molecule has 0 radical (unpaired) electrons. The average molecular weight is 318 g/mol. The number of amides is 2. The topological polar surface area (TPSA) is 112 Å². The fourth-order valence-electron chi connectivity index (χ4n) is 2.33. The minimum Gasteiger partial charge on any atom is -0.366 e. The standard InChI is InChI=1S/C18H14N4O2/c19-16(23)13-8-4-7-12(9-13)15-14(17(20)24)10-21-18(22-15)11-5-2-1-3-6-11/h1-10H,(H2,19,23)(H2,20,24). The van der Waals surface area contributed by atoms with Gasteiger partial charge in [-0.25, -0.2) is 9.97 Å². The summed E-state index contributed by atoms with van der Waals surface area (Å²) < 4.78 is 0. The molecule has 1 aromatic heterocycles. The van der Waals surface area contributed by atoms with Gasteiger partial charge in [0.05, 0.1) is 11.3 Å². The number of hydrogen-bond acceptors (Lipinski definition) is 4. The van der Waals surface area contributed by atoms with E-state index in [9.17, 15) is 9.59 Å². The Labute approximate surface area is 138 Å². The zero-order valence-electron chi connectivity index (χ0n) is 12.6. The second kappa shape index (κ2) is 6.29. The van der Waals surface area contributed by atoms with Gasteiger partial charge in [-0.2, -0.15) is 0 Å². The molecule has 0 saturated carbocycles. The number of aromatic nitrogens is 2. The van der Waals surface area contributed by atoms with Crippen molar-refractivity contribution in [3.05, 3.63) is 71.9 Å². The van der Waals surface area contributed by atoms with Gasteiger partial charge in [-0.1, -0.05) is 42.5 Å². The molecule has 2 amide bonds.